The molecule has 130 valence electrons. The Labute approximate surface area is 141 Å². The molecule has 6 nitrogen and oxygen atoms in total. The fraction of sp³-hybridized carbons (Fsp3) is 0.500. The first-order valence-corrected chi connectivity index (χ1v) is 8.44. The predicted octanol–water partition coefficient (Wildman–Crippen LogP) is 2.80. The van der Waals surface area contributed by atoms with Gasteiger partial charge in [-0.25, -0.2) is 0 Å². The topological polar surface area (TPSA) is 95.5 Å². The third-order valence-corrected chi connectivity index (χ3v) is 4.32. The Balaban J connectivity index is 1.72. The predicted molar refractivity (Wildman–Crippen MR) is 90.8 cm³/mol. The lowest BCUT2D eigenvalue weighted by Crippen LogP contribution is -2.29. The zero-order valence-electron chi connectivity index (χ0n) is 13.7. The molecule has 0 bridgehead atoms. The summed E-state index contributed by atoms with van der Waals surface area (Å²) in [5.41, 5.74) is 0.992. The van der Waals surface area contributed by atoms with Crippen LogP contribution in [0.5, 0.6) is 0 Å². The number of nitrogens with one attached hydrogen (secondary N) is 2. The first-order valence-electron chi connectivity index (χ1n) is 8.44. The molecule has 2 rings (SSSR count). The molecule has 0 spiro atoms. The number of carbonyl (C=O) groups is 3. The van der Waals surface area contributed by atoms with E-state index in [1.807, 2.05) is 0 Å². The van der Waals surface area contributed by atoms with Gasteiger partial charge >= 0.3 is 5.97 Å². The molecule has 1 fully saturated rings. The van der Waals surface area contributed by atoms with Gasteiger partial charge < -0.3 is 15.7 Å². The normalized spacial score (nSPS) is 14.3. The lowest BCUT2D eigenvalue weighted by Gasteiger charge is -2.09. The van der Waals surface area contributed by atoms with E-state index in [0.29, 0.717) is 17.7 Å². The Bertz CT molecular complexity index is 577. The summed E-state index contributed by atoms with van der Waals surface area (Å²) in [5.74, 6) is -0.769. The van der Waals surface area contributed by atoms with Gasteiger partial charge in [-0.1, -0.05) is 25.7 Å². The molecule has 1 aliphatic rings. The van der Waals surface area contributed by atoms with Crippen LogP contribution in [0.3, 0.4) is 0 Å². The van der Waals surface area contributed by atoms with Gasteiger partial charge in [0.25, 0.3) is 5.91 Å². The molecule has 0 aliphatic heterocycles. The molecule has 1 aliphatic carbocycles. The summed E-state index contributed by atoms with van der Waals surface area (Å²) in [7, 11) is 0. The van der Waals surface area contributed by atoms with Crippen molar-refractivity contribution in [2.24, 2.45) is 5.92 Å². The highest BCUT2D eigenvalue weighted by Crippen LogP contribution is 2.28. The van der Waals surface area contributed by atoms with Gasteiger partial charge in [0.05, 0.1) is 0 Å². The number of carboxylic acids is 1. The molecule has 0 heterocycles. The minimum Gasteiger partial charge on any atom is -0.480 e. The number of benzene rings is 1. The van der Waals surface area contributed by atoms with Gasteiger partial charge in [-0.15, -0.1) is 0 Å². The summed E-state index contributed by atoms with van der Waals surface area (Å²) in [6.07, 6.45) is 7.78. The number of carboxylic acid groups (broad SMARTS) is 1. The summed E-state index contributed by atoms with van der Waals surface area (Å²) < 4.78 is 0. The minimum atomic E-state index is -1.09. The molecule has 0 radical (unpaired) electrons. The Morgan fingerprint density at radius 1 is 1.08 bits per heavy atom. The van der Waals surface area contributed by atoms with Crippen LogP contribution in [0.25, 0.3) is 0 Å². The molecule has 0 atom stereocenters. The van der Waals surface area contributed by atoms with Gasteiger partial charge in [-0.05, 0) is 43.0 Å². The van der Waals surface area contributed by atoms with E-state index in [4.69, 9.17) is 5.11 Å². The van der Waals surface area contributed by atoms with Crippen molar-refractivity contribution in [3.8, 4) is 0 Å². The second-order valence-corrected chi connectivity index (χ2v) is 6.24. The van der Waals surface area contributed by atoms with Gasteiger partial charge in [0, 0.05) is 17.7 Å². The van der Waals surface area contributed by atoms with Gasteiger partial charge in [-0.2, -0.15) is 0 Å². The van der Waals surface area contributed by atoms with E-state index in [1.165, 1.54) is 25.7 Å². The van der Waals surface area contributed by atoms with Crippen LogP contribution < -0.4 is 10.6 Å². The highest BCUT2D eigenvalue weighted by atomic mass is 16.4. The van der Waals surface area contributed by atoms with E-state index in [0.717, 1.165) is 18.8 Å². The quantitative estimate of drug-likeness (QED) is 0.682. The molecule has 1 saturated carbocycles. The zero-order valence-corrected chi connectivity index (χ0v) is 13.7. The lowest BCUT2D eigenvalue weighted by atomic mass is 10.0. The number of carbonyl (C=O) groups excluding carboxylic acids is 2. The van der Waals surface area contributed by atoms with E-state index in [9.17, 15) is 14.4 Å². The van der Waals surface area contributed by atoms with Crippen molar-refractivity contribution in [3.63, 3.8) is 0 Å². The third-order valence-electron chi connectivity index (χ3n) is 4.32. The number of hydrogen-bond donors (Lipinski definition) is 3. The molecule has 6 heteroatoms. The van der Waals surface area contributed by atoms with Crippen LogP contribution in [-0.2, 0) is 9.59 Å². The van der Waals surface area contributed by atoms with Crippen LogP contribution in [0, 0.1) is 5.92 Å². The molecule has 1 aromatic rings. The first-order chi connectivity index (χ1) is 11.5. The van der Waals surface area contributed by atoms with Crippen molar-refractivity contribution in [2.75, 3.05) is 11.9 Å². The monoisotopic (exact) mass is 332 g/mol. The van der Waals surface area contributed by atoms with Gasteiger partial charge in [0.2, 0.25) is 5.91 Å². The standard InChI is InChI=1S/C18H24N2O4/c21-16(7-3-6-13-4-1-2-5-13)20-15-10-8-14(9-11-15)18(24)19-12-17(22)23/h8-11,13H,1-7,12H2,(H,19,24)(H,20,21)(H,22,23). The Morgan fingerprint density at radius 3 is 2.38 bits per heavy atom. The summed E-state index contributed by atoms with van der Waals surface area (Å²) in [4.78, 5) is 34.0. The molecular formula is C18H24N2O4. The first kappa shape index (κ1) is 18.0. The Morgan fingerprint density at radius 2 is 1.75 bits per heavy atom. The Kier molecular flexibility index (Phi) is 6.78. The number of hydrogen-bond acceptors (Lipinski definition) is 3. The maximum Gasteiger partial charge on any atom is 0.322 e. The molecule has 24 heavy (non-hydrogen) atoms. The number of anilines is 1. The van der Waals surface area contributed by atoms with Gasteiger partial charge in [0.15, 0.2) is 0 Å². The summed E-state index contributed by atoms with van der Waals surface area (Å²) in [6, 6.07) is 6.41. The third kappa shape index (κ3) is 6.02. The fourth-order valence-corrected chi connectivity index (χ4v) is 3.04. The average Bonchev–Trinajstić information content (AvgIpc) is 3.06. The number of aliphatic carboxylic acids is 1. The smallest absolute Gasteiger partial charge is 0.322 e. The second-order valence-electron chi connectivity index (χ2n) is 6.24. The van der Waals surface area contributed by atoms with Crippen LogP contribution in [0.2, 0.25) is 0 Å². The van der Waals surface area contributed by atoms with Crippen LogP contribution in [0.1, 0.15) is 55.3 Å². The van der Waals surface area contributed by atoms with Crippen LogP contribution >= 0.6 is 0 Å². The SMILES string of the molecule is O=C(O)CNC(=O)c1ccc(NC(=O)CCCC2CCCC2)cc1. The molecule has 0 saturated heterocycles. The zero-order chi connectivity index (χ0) is 17.4. The summed E-state index contributed by atoms with van der Waals surface area (Å²) in [6.45, 7) is -0.418. The van der Waals surface area contributed by atoms with Crippen molar-refractivity contribution >= 4 is 23.5 Å². The van der Waals surface area contributed by atoms with Gasteiger partial charge in [-0.3, -0.25) is 14.4 Å². The van der Waals surface area contributed by atoms with E-state index in [-0.39, 0.29) is 5.91 Å². The van der Waals surface area contributed by atoms with Crippen molar-refractivity contribution in [3.05, 3.63) is 29.8 Å². The van der Waals surface area contributed by atoms with E-state index in [2.05, 4.69) is 10.6 Å². The van der Waals surface area contributed by atoms with E-state index >= 15 is 0 Å². The van der Waals surface area contributed by atoms with Crippen molar-refractivity contribution in [2.45, 2.75) is 44.9 Å². The van der Waals surface area contributed by atoms with Crippen molar-refractivity contribution in [1.82, 2.24) is 5.32 Å². The lowest BCUT2D eigenvalue weighted by molar-refractivity contribution is -0.135. The highest BCUT2D eigenvalue weighted by Gasteiger charge is 2.15. The van der Waals surface area contributed by atoms with Crippen LogP contribution in [0.15, 0.2) is 24.3 Å². The minimum absolute atomic E-state index is 0.0175. The van der Waals surface area contributed by atoms with Crippen LogP contribution in [-0.4, -0.2) is 29.4 Å². The Hall–Kier alpha value is -2.37. The summed E-state index contributed by atoms with van der Waals surface area (Å²) in [5, 5.41) is 13.6. The number of rotatable bonds is 8. The van der Waals surface area contributed by atoms with Gasteiger partial charge in [0.1, 0.15) is 6.54 Å². The molecule has 2 amide bonds. The average molecular weight is 332 g/mol. The summed E-state index contributed by atoms with van der Waals surface area (Å²) >= 11 is 0. The van der Waals surface area contributed by atoms with E-state index in [1.54, 1.807) is 24.3 Å². The molecule has 1 aromatic carbocycles. The molecular weight excluding hydrogens is 308 g/mol. The molecule has 0 unspecified atom stereocenters. The number of amides is 2. The maximum atomic E-state index is 11.9. The fourth-order valence-electron chi connectivity index (χ4n) is 3.04. The molecule has 0 aromatic heterocycles. The highest BCUT2D eigenvalue weighted by molar-refractivity contribution is 5.97. The van der Waals surface area contributed by atoms with E-state index < -0.39 is 18.4 Å². The second kappa shape index (κ2) is 9.05. The largest absolute Gasteiger partial charge is 0.480 e. The van der Waals surface area contributed by atoms with Crippen LogP contribution in [0.4, 0.5) is 5.69 Å². The maximum absolute atomic E-state index is 11.9. The molecule has 3 N–H and O–H groups in total. The van der Waals surface area contributed by atoms with Crippen molar-refractivity contribution in [1.29, 1.82) is 0 Å². The van der Waals surface area contributed by atoms with Crippen molar-refractivity contribution < 1.29 is 19.5 Å².